The van der Waals surface area contributed by atoms with Gasteiger partial charge >= 0.3 is 0 Å². The first-order valence-electron chi connectivity index (χ1n) is 10.4. The van der Waals surface area contributed by atoms with Crippen molar-refractivity contribution in [3.05, 3.63) is 47.0 Å². The van der Waals surface area contributed by atoms with E-state index in [0.29, 0.717) is 5.92 Å². The van der Waals surface area contributed by atoms with Gasteiger partial charge in [-0.25, -0.2) is 0 Å². The highest BCUT2D eigenvalue weighted by Gasteiger charge is 2.40. The van der Waals surface area contributed by atoms with Crippen LogP contribution >= 0.6 is 0 Å². The van der Waals surface area contributed by atoms with Gasteiger partial charge in [0.1, 0.15) is 0 Å². The van der Waals surface area contributed by atoms with Gasteiger partial charge in [0.05, 0.1) is 5.60 Å². The first-order chi connectivity index (χ1) is 13.2. The van der Waals surface area contributed by atoms with E-state index >= 15 is 0 Å². The number of amides is 1. The van der Waals surface area contributed by atoms with Crippen molar-refractivity contribution < 1.29 is 9.90 Å². The summed E-state index contributed by atoms with van der Waals surface area (Å²) in [6, 6.07) is 10.6. The Kier molecular flexibility index (Phi) is 4.21. The molecule has 0 aromatic heterocycles. The molecule has 0 bridgehead atoms. The van der Waals surface area contributed by atoms with Crippen LogP contribution in [-0.4, -0.2) is 47.7 Å². The summed E-state index contributed by atoms with van der Waals surface area (Å²) in [7, 11) is 0. The minimum absolute atomic E-state index is 0.154. The van der Waals surface area contributed by atoms with E-state index < -0.39 is 5.60 Å². The Morgan fingerprint density at radius 2 is 1.74 bits per heavy atom. The quantitative estimate of drug-likeness (QED) is 0.862. The summed E-state index contributed by atoms with van der Waals surface area (Å²) >= 11 is 0. The Balaban J connectivity index is 1.35. The standard InChI is InChI=1S/C23H28N2O2/c26-22(20-7-6-17-5-4-16-2-1-3-19(20)21(16)17)25-14-8-18(9-15-25)23(27)10-12-24-13-11-23/h1-3,6-7,18,24,27H,4-5,8-15H2. The Morgan fingerprint density at radius 1 is 1.04 bits per heavy atom. The smallest absolute Gasteiger partial charge is 0.254 e. The molecule has 1 amide bonds. The Labute approximate surface area is 160 Å². The average Bonchev–Trinajstić information content (AvgIpc) is 3.14. The number of likely N-dealkylation sites (tertiary alicyclic amines) is 1. The Bertz CT molecular complexity index is 867. The fourth-order valence-corrected chi connectivity index (χ4v) is 5.49. The van der Waals surface area contributed by atoms with Gasteiger partial charge < -0.3 is 15.3 Å². The lowest BCUT2D eigenvalue weighted by molar-refractivity contribution is -0.0617. The van der Waals surface area contributed by atoms with E-state index in [-0.39, 0.29) is 5.91 Å². The van der Waals surface area contributed by atoms with Crippen LogP contribution in [0.2, 0.25) is 0 Å². The molecule has 4 heteroatoms. The second-order valence-electron chi connectivity index (χ2n) is 8.53. The maximum atomic E-state index is 13.3. The number of carbonyl (C=O) groups excluding carboxylic acids is 1. The monoisotopic (exact) mass is 364 g/mol. The molecule has 0 radical (unpaired) electrons. The van der Waals surface area contributed by atoms with Crippen molar-refractivity contribution in [2.75, 3.05) is 26.2 Å². The van der Waals surface area contributed by atoms with Crippen molar-refractivity contribution in [1.29, 1.82) is 0 Å². The van der Waals surface area contributed by atoms with Gasteiger partial charge in [0.2, 0.25) is 0 Å². The minimum Gasteiger partial charge on any atom is -0.390 e. The van der Waals surface area contributed by atoms with Gasteiger partial charge in [0.15, 0.2) is 0 Å². The number of hydrogen-bond donors (Lipinski definition) is 2. The van der Waals surface area contributed by atoms with E-state index in [1.54, 1.807) is 0 Å². The molecule has 2 heterocycles. The van der Waals surface area contributed by atoms with Crippen LogP contribution in [0.4, 0.5) is 0 Å². The van der Waals surface area contributed by atoms with Crippen molar-refractivity contribution >= 4 is 16.7 Å². The molecular weight excluding hydrogens is 336 g/mol. The third kappa shape index (κ3) is 2.86. The molecule has 1 aliphatic carbocycles. The molecule has 3 aliphatic rings. The highest BCUT2D eigenvalue weighted by molar-refractivity contribution is 6.09. The first kappa shape index (κ1) is 17.2. The van der Waals surface area contributed by atoms with Crippen molar-refractivity contribution in [3.63, 3.8) is 0 Å². The topological polar surface area (TPSA) is 52.6 Å². The van der Waals surface area contributed by atoms with Crippen molar-refractivity contribution in [3.8, 4) is 0 Å². The average molecular weight is 364 g/mol. The number of carbonyl (C=O) groups is 1. The Morgan fingerprint density at radius 3 is 2.48 bits per heavy atom. The van der Waals surface area contributed by atoms with Crippen molar-refractivity contribution in [2.45, 2.75) is 44.1 Å². The number of piperidine rings is 2. The highest BCUT2D eigenvalue weighted by atomic mass is 16.3. The predicted molar refractivity (Wildman–Crippen MR) is 107 cm³/mol. The van der Waals surface area contributed by atoms with E-state index in [4.69, 9.17) is 0 Å². The molecule has 2 fully saturated rings. The van der Waals surface area contributed by atoms with Crippen LogP contribution in [0.3, 0.4) is 0 Å². The zero-order valence-corrected chi connectivity index (χ0v) is 15.8. The number of aryl methyl sites for hydroxylation is 2. The third-order valence-corrected chi connectivity index (χ3v) is 7.12. The van der Waals surface area contributed by atoms with E-state index in [1.165, 1.54) is 16.5 Å². The van der Waals surface area contributed by atoms with Crippen LogP contribution in [0.1, 0.15) is 47.2 Å². The van der Waals surface area contributed by atoms with Gasteiger partial charge in [-0.3, -0.25) is 4.79 Å². The van der Waals surface area contributed by atoms with Crippen LogP contribution in [-0.2, 0) is 12.8 Å². The van der Waals surface area contributed by atoms with E-state index in [9.17, 15) is 9.90 Å². The normalized spacial score (nSPS) is 22.3. The molecule has 0 spiro atoms. The molecule has 2 saturated heterocycles. The fraction of sp³-hybridized carbons (Fsp3) is 0.522. The molecule has 2 aromatic carbocycles. The molecule has 142 valence electrons. The molecule has 4 nitrogen and oxygen atoms in total. The Hall–Kier alpha value is -1.91. The maximum absolute atomic E-state index is 13.3. The largest absolute Gasteiger partial charge is 0.390 e. The maximum Gasteiger partial charge on any atom is 0.254 e. The third-order valence-electron chi connectivity index (χ3n) is 7.12. The summed E-state index contributed by atoms with van der Waals surface area (Å²) in [6.45, 7) is 3.30. The van der Waals surface area contributed by atoms with Gasteiger partial charge in [-0.15, -0.1) is 0 Å². The minimum atomic E-state index is -0.539. The zero-order valence-electron chi connectivity index (χ0n) is 15.8. The lowest BCUT2D eigenvalue weighted by Crippen LogP contribution is -2.51. The lowest BCUT2D eigenvalue weighted by Gasteiger charge is -2.43. The second-order valence-corrected chi connectivity index (χ2v) is 8.53. The van der Waals surface area contributed by atoms with E-state index in [1.807, 2.05) is 11.0 Å². The summed E-state index contributed by atoms with van der Waals surface area (Å²) in [5.74, 6) is 0.470. The van der Waals surface area contributed by atoms with Gasteiger partial charge in [-0.1, -0.05) is 24.3 Å². The highest BCUT2D eigenvalue weighted by Crippen LogP contribution is 2.36. The fourth-order valence-electron chi connectivity index (χ4n) is 5.49. The summed E-state index contributed by atoms with van der Waals surface area (Å²) in [5.41, 5.74) is 3.06. The molecule has 2 aliphatic heterocycles. The van der Waals surface area contributed by atoms with E-state index in [0.717, 1.165) is 75.7 Å². The molecular formula is C23H28N2O2. The van der Waals surface area contributed by atoms with Crippen LogP contribution in [0.25, 0.3) is 10.8 Å². The number of rotatable bonds is 2. The van der Waals surface area contributed by atoms with Crippen LogP contribution in [0.5, 0.6) is 0 Å². The summed E-state index contributed by atoms with van der Waals surface area (Å²) < 4.78 is 0. The molecule has 5 rings (SSSR count). The van der Waals surface area contributed by atoms with Crippen LogP contribution in [0, 0.1) is 5.92 Å². The number of aliphatic hydroxyl groups is 1. The SMILES string of the molecule is O=C(c1ccc2c3c(cccc13)CC2)N1CCC(C2(O)CCNCC2)CC1. The van der Waals surface area contributed by atoms with Crippen molar-refractivity contribution in [1.82, 2.24) is 10.2 Å². The van der Waals surface area contributed by atoms with Crippen LogP contribution in [0.15, 0.2) is 30.3 Å². The number of hydrogen-bond acceptors (Lipinski definition) is 3. The van der Waals surface area contributed by atoms with Crippen LogP contribution < -0.4 is 5.32 Å². The summed E-state index contributed by atoms with van der Waals surface area (Å²) in [6.07, 6.45) is 5.65. The second kappa shape index (κ2) is 6.61. The molecule has 2 aromatic rings. The number of benzene rings is 2. The molecule has 27 heavy (non-hydrogen) atoms. The van der Waals surface area contributed by atoms with Crippen molar-refractivity contribution in [2.24, 2.45) is 5.92 Å². The number of nitrogens with one attached hydrogen (secondary N) is 1. The molecule has 0 saturated carbocycles. The van der Waals surface area contributed by atoms with Gasteiger partial charge in [-0.05, 0) is 85.5 Å². The van der Waals surface area contributed by atoms with Gasteiger partial charge in [0, 0.05) is 18.7 Å². The van der Waals surface area contributed by atoms with Gasteiger partial charge in [0.25, 0.3) is 5.91 Å². The predicted octanol–water partition coefficient (Wildman–Crippen LogP) is 2.91. The zero-order chi connectivity index (χ0) is 18.4. The molecule has 0 atom stereocenters. The lowest BCUT2D eigenvalue weighted by atomic mass is 9.75. The number of nitrogens with zero attached hydrogens (tertiary/aromatic N) is 1. The molecule has 2 N–H and O–H groups in total. The first-order valence-corrected chi connectivity index (χ1v) is 10.4. The molecule has 0 unspecified atom stereocenters. The summed E-state index contributed by atoms with van der Waals surface area (Å²) in [4.78, 5) is 15.3. The van der Waals surface area contributed by atoms with E-state index in [2.05, 4.69) is 29.6 Å². The van der Waals surface area contributed by atoms with Gasteiger partial charge in [-0.2, -0.15) is 0 Å². The summed E-state index contributed by atoms with van der Waals surface area (Å²) in [5, 5.41) is 16.8.